The van der Waals surface area contributed by atoms with E-state index in [1.165, 1.54) is 0 Å². The fourth-order valence-corrected chi connectivity index (χ4v) is 2.48. The zero-order valence-corrected chi connectivity index (χ0v) is 13.5. The zero-order chi connectivity index (χ0) is 15.9. The summed E-state index contributed by atoms with van der Waals surface area (Å²) < 4.78 is 5.79. The van der Waals surface area contributed by atoms with Gasteiger partial charge in [0.05, 0.1) is 6.61 Å². The number of likely N-dealkylation sites (N-methyl/N-ethyl adjacent to an activating group) is 1. The molecule has 0 radical (unpaired) electrons. The van der Waals surface area contributed by atoms with Crippen LogP contribution in [0.1, 0.15) is 44.2 Å². The van der Waals surface area contributed by atoms with E-state index in [9.17, 15) is 9.90 Å². The summed E-state index contributed by atoms with van der Waals surface area (Å²) in [4.78, 5) is 11.5. The second-order valence-corrected chi connectivity index (χ2v) is 5.49. The van der Waals surface area contributed by atoms with Crippen molar-refractivity contribution in [2.45, 2.75) is 52.5 Å². The Hall–Kier alpha value is -1.55. The van der Waals surface area contributed by atoms with E-state index < -0.39 is 11.5 Å². The highest BCUT2D eigenvalue weighted by atomic mass is 16.5. The summed E-state index contributed by atoms with van der Waals surface area (Å²) in [7, 11) is 0. The number of hydrogen-bond acceptors (Lipinski definition) is 3. The first-order valence-corrected chi connectivity index (χ1v) is 7.63. The van der Waals surface area contributed by atoms with Gasteiger partial charge in [0.1, 0.15) is 11.3 Å². The third-order valence-corrected chi connectivity index (χ3v) is 3.88. The average molecular weight is 293 g/mol. The molecule has 0 spiro atoms. The molecule has 0 saturated heterocycles. The van der Waals surface area contributed by atoms with Crippen LogP contribution in [0.5, 0.6) is 5.75 Å². The first-order chi connectivity index (χ1) is 9.95. The van der Waals surface area contributed by atoms with Crippen LogP contribution < -0.4 is 10.1 Å². The minimum Gasteiger partial charge on any atom is -0.493 e. The lowest BCUT2D eigenvalue weighted by molar-refractivity contribution is -0.145. The Morgan fingerprint density at radius 3 is 2.62 bits per heavy atom. The Bertz CT molecular complexity index is 473. The number of carboxylic acid groups (broad SMARTS) is 1. The van der Waals surface area contributed by atoms with Gasteiger partial charge in [-0.1, -0.05) is 26.0 Å². The van der Waals surface area contributed by atoms with Crippen molar-refractivity contribution in [3.8, 4) is 5.75 Å². The molecule has 1 aromatic carbocycles. The zero-order valence-electron chi connectivity index (χ0n) is 13.5. The van der Waals surface area contributed by atoms with Gasteiger partial charge in [0, 0.05) is 0 Å². The number of nitrogens with one attached hydrogen (secondary N) is 1. The van der Waals surface area contributed by atoms with Crippen molar-refractivity contribution in [3.63, 3.8) is 0 Å². The largest absolute Gasteiger partial charge is 0.493 e. The predicted octanol–water partition coefficient (Wildman–Crippen LogP) is 3.31. The van der Waals surface area contributed by atoms with Gasteiger partial charge in [-0.15, -0.1) is 0 Å². The maximum atomic E-state index is 11.5. The van der Waals surface area contributed by atoms with Gasteiger partial charge in [-0.25, -0.2) is 0 Å². The molecule has 21 heavy (non-hydrogen) atoms. The van der Waals surface area contributed by atoms with Crippen LogP contribution in [0.4, 0.5) is 0 Å². The van der Waals surface area contributed by atoms with Crippen LogP contribution in [-0.2, 0) is 4.79 Å². The number of aryl methyl sites for hydroxylation is 2. The van der Waals surface area contributed by atoms with E-state index in [0.717, 1.165) is 16.9 Å². The summed E-state index contributed by atoms with van der Waals surface area (Å²) in [6.07, 6.45) is 1.84. The standard InChI is InChI=1S/C17H27NO3/c1-5-17(16(19)20,18-6-2)10-7-11-21-15-12-13(3)8-9-14(15)4/h8-9,12,18H,5-7,10-11H2,1-4H3,(H,19,20). The quantitative estimate of drug-likeness (QED) is 0.686. The fourth-order valence-electron chi connectivity index (χ4n) is 2.48. The Morgan fingerprint density at radius 2 is 2.05 bits per heavy atom. The summed E-state index contributed by atoms with van der Waals surface area (Å²) in [6.45, 7) is 9.07. The molecule has 1 rings (SSSR count). The highest BCUT2D eigenvalue weighted by Gasteiger charge is 2.34. The van der Waals surface area contributed by atoms with Crippen molar-refractivity contribution < 1.29 is 14.6 Å². The topological polar surface area (TPSA) is 58.6 Å². The first-order valence-electron chi connectivity index (χ1n) is 7.63. The summed E-state index contributed by atoms with van der Waals surface area (Å²) in [5, 5.41) is 12.6. The predicted molar refractivity (Wildman–Crippen MR) is 85.0 cm³/mol. The van der Waals surface area contributed by atoms with Crippen LogP contribution in [-0.4, -0.2) is 29.8 Å². The van der Waals surface area contributed by atoms with E-state index >= 15 is 0 Å². The molecule has 0 aliphatic rings. The summed E-state index contributed by atoms with van der Waals surface area (Å²) in [5.41, 5.74) is 1.43. The number of benzene rings is 1. The number of hydrogen-bond donors (Lipinski definition) is 2. The maximum Gasteiger partial charge on any atom is 0.323 e. The van der Waals surface area contributed by atoms with Crippen molar-refractivity contribution in [1.82, 2.24) is 5.32 Å². The monoisotopic (exact) mass is 293 g/mol. The number of carbonyl (C=O) groups is 1. The Balaban J connectivity index is 2.55. The molecule has 0 fully saturated rings. The van der Waals surface area contributed by atoms with Crippen molar-refractivity contribution in [1.29, 1.82) is 0 Å². The van der Waals surface area contributed by atoms with Crippen LogP contribution in [0.2, 0.25) is 0 Å². The average Bonchev–Trinajstić information content (AvgIpc) is 2.45. The van der Waals surface area contributed by atoms with E-state index in [1.54, 1.807) is 0 Å². The number of rotatable bonds is 9. The Labute approximate surface area is 127 Å². The molecule has 1 aromatic rings. The molecule has 1 atom stereocenters. The van der Waals surface area contributed by atoms with Crippen molar-refractivity contribution >= 4 is 5.97 Å². The van der Waals surface area contributed by atoms with Gasteiger partial charge in [0.2, 0.25) is 0 Å². The van der Waals surface area contributed by atoms with Gasteiger partial charge in [0.25, 0.3) is 0 Å². The molecule has 0 heterocycles. The number of aliphatic carboxylic acids is 1. The van der Waals surface area contributed by atoms with Crippen LogP contribution in [0.15, 0.2) is 18.2 Å². The van der Waals surface area contributed by atoms with Gasteiger partial charge in [0.15, 0.2) is 0 Å². The molecular weight excluding hydrogens is 266 g/mol. The van der Waals surface area contributed by atoms with E-state index in [-0.39, 0.29) is 0 Å². The minimum absolute atomic E-state index is 0.532. The van der Waals surface area contributed by atoms with Gasteiger partial charge < -0.3 is 15.2 Å². The highest BCUT2D eigenvalue weighted by Crippen LogP contribution is 2.21. The molecule has 2 N–H and O–H groups in total. The van der Waals surface area contributed by atoms with Gasteiger partial charge >= 0.3 is 5.97 Å². The second kappa shape index (κ2) is 8.03. The molecule has 4 heteroatoms. The minimum atomic E-state index is -0.834. The highest BCUT2D eigenvalue weighted by molar-refractivity contribution is 5.78. The molecule has 0 aliphatic carbocycles. The van der Waals surface area contributed by atoms with Crippen molar-refractivity contribution in [2.24, 2.45) is 0 Å². The fraction of sp³-hybridized carbons (Fsp3) is 0.588. The van der Waals surface area contributed by atoms with Crippen LogP contribution in [0.3, 0.4) is 0 Å². The van der Waals surface area contributed by atoms with Crippen LogP contribution in [0, 0.1) is 13.8 Å². The summed E-state index contributed by atoms with van der Waals surface area (Å²) in [5.74, 6) is 0.106. The van der Waals surface area contributed by atoms with E-state index in [1.807, 2.05) is 39.8 Å². The van der Waals surface area contributed by atoms with E-state index in [2.05, 4.69) is 11.4 Å². The maximum absolute atomic E-state index is 11.5. The van der Waals surface area contributed by atoms with Gasteiger partial charge in [-0.05, 0) is 56.8 Å². The summed E-state index contributed by atoms with van der Waals surface area (Å²) in [6, 6.07) is 6.11. The molecule has 0 saturated carbocycles. The van der Waals surface area contributed by atoms with Crippen LogP contribution in [0.25, 0.3) is 0 Å². The lowest BCUT2D eigenvalue weighted by Gasteiger charge is -2.29. The van der Waals surface area contributed by atoms with Crippen molar-refractivity contribution in [3.05, 3.63) is 29.3 Å². The van der Waals surface area contributed by atoms with Gasteiger partial charge in [-0.3, -0.25) is 4.79 Å². The smallest absolute Gasteiger partial charge is 0.323 e. The molecule has 4 nitrogen and oxygen atoms in total. The van der Waals surface area contributed by atoms with Gasteiger partial charge in [-0.2, -0.15) is 0 Å². The molecular formula is C17H27NO3. The number of ether oxygens (including phenoxy) is 1. The third-order valence-electron chi connectivity index (χ3n) is 3.88. The molecule has 0 aromatic heterocycles. The van der Waals surface area contributed by atoms with Crippen molar-refractivity contribution in [2.75, 3.05) is 13.2 Å². The lowest BCUT2D eigenvalue weighted by Crippen LogP contribution is -2.51. The molecule has 1 unspecified atom stereocenters. The normalized spacial score (nSPS) is 13.7. The molecule has 0 aliphatic heterocycles. The first kappa shape index (κ1) is 17.5. The third kappa shape index (κ3) is 4.74. The summed E-state index contributed by atoms with van der Waals surface area (Å²) >= 11 is 0. The molecule has 0 amide bonds. The Kier molecular flexibility index (Phi) is 6.69. The Morgan fingerprint density at radius 1 is 1.33 bits per heavy atom. The molecule has 0 bridgehead atoms. The van der Waals surface area contributed by atoms with E-state index in [0.29, 0.717) is 32.4 Å². The van der Waals surface area contributed by atoms with Crippen LogP contribution >= 0.6 is 0 Å². The van der Waals surface area contributed by atoms with E-state index in [4.69, 9.17) is 4.74 Å². The molecule has 118 valence electrons. The second-order valence-electron chi connectivity index (χ2n) is 5.49. The lowest BCUT2D eigenvalue weighted by atomic mass is 9.90. The number of carboxylic acids is 1. The SMILES string of the molecule is CCNC(CC)(CCCOc1cc(C)ccc1C)C(=O)O.